The van der Waals surface area contributed by atoms with Crippen LogP contribution in [0.3, 0.4) is 0 Å². The Labute approximate surface area is 252 Å². The smallest absolute Gasteiger partial charge is 0.337 e. The molecule has 7 nitrogen and oxygen atoms in total. The van der Waals surface area contributed by atoms with E-state index in [1.807, 2.05) is 100 Å². The zero-order valence-electron chi connectivity index (χ0n) is 23.8. The van der Waals surface area contributed by atoms with Crippen molar-refractivity contribution in [3.05, 3.63) is 89.2 Å². The van der Waals surface area contributed by atoms with Crippen LogP contribution < -0.4 is 0 Å². The third-order valence-corrected chi connectivity index (χ3v) is 8.46. The number of hydrogen-bond acceptors (Lipinski definition) is 6. The van der Waals surface area contributed by atoms with E-state index in [4.69, 9.17) is 21.3 Å². The van der Waals surface area contributed by atoms with Crippen molar-refractivity contribution in [2.45, 2.75) is 39.4 Å². The minimum atomic E-state index is -1.17. The van der Waals surface area contributed by atoms with Gasteiger partial charge in [0.05, 0.1) is 33.2 Å². The van der Waals surface area contributed by atoms with Crippen molar-refractivity contribution in [3.8, 4) is 33.0 Å². The summed E-state index contributed by atoms with van der Waals surface area (Å²) < 4.78 is 8.86. The number of carbonyl (C=O) groups is 1. The quantitative estimate of drug-likeness (QED) is 0.207. The van der Waals surface area contributed by atoms with Crippen molar-refractivity contribution in [2.75, 3.05) is 0 Å². The van der Waals surface area contributed by atoms with Crippen LogP contribution in [0.5, 0.6) is 0 Å². The molecule has 0 fully saturated rings. The van der Waals surface area contributed by atoms with Crippen LogP contribution in [0.2, 0.25) is 5.02 Å². The molecule has 0 saturated heterocycles. The Morgan fingerprint density at radius 1 is 1.02 bits per heavy atom. The highest BCUT2D eigenvalue weighted by molar-refractivity contribution is 7.22. The Hall–Kier alpha value is -4.11. The highest BCUT2D eigenvalue weighted by Gasteiger charge is 2.32. The van der Waals surface area contributed by atoms with E-state index in [2.05, 4.69) is 16.1 Å². The first kappa shape index (κ1) is 28.0. The standard InChI is InChI=1S/C33H29ClN4O3S/c1-18-14-25-30(28(19-6-9-23(34)10-7-19)27(18)29(32(39)40)41-33(2,3)4)42-31(37-25)21-12-13-35-24(16-21)20-8-11-26-22(15-20)17-36-38(26)5/h6-17,29H,1-5H3,(H,39,40). The van der Waals surface area contributed by atoms with E-state index in [1.54, 1.807) is 6.20 Å². The number of pyridine rings is 1. The molecular formula is C33H29ClN4O3S. The molecule has 212 valence electrons. The minimum absolute atomic E-state index is 0.601. The summed E-state index contributed by atoms with van der Waals surface area (Å²) >= 11 is 7.75. The van der Waals surface area contributed by atoms with Crippen LogP contribution in [0.4, 0.5) is 0 Å². The number of benzene rings is 3. The number of rotatable bonds is 6. The summed E-state index contributed by atoms with van der Waals surface area (Å²) in [5.41, 5.74) is 6.96. The molecule has 6 aromatic rings. The topological polar surface area (TPSA) is 90.1 Å². The highest BCUT2D eigenvalue weighted by atomic mass is 35.5. The van der Waals surface area contributed by atoms with Gasteiger partial charge in [-0.3, -0.25) is 9.67 Å². The van der Waals surface area contributed by atoms with Gasteiger partial charge in [-0.1, -0.05) is 29.8 Å². The van der Waals surface area contributed by atoms with Gasteiger partial charge in [-0.2, -0.15) is 5.10 Å². The van der Waals surface area contributed by atoms with E-state index in [0.717, 1.165) is 59.6 Å². The fraction of sp³-hybridized carbons (Fsp3) is 0.212. The first-order chi connectivity index (χ1) is 20.0. The average Bonchev–Trinajstić information content (AvgIpc) is 3.54. The number of thiazole rings is 1. The molecule has 0 saturated carbocycles. The number of aryl methyl sites for hydroxylation is 2. The molecule has 0 aliphatic heterocycles. The van der Waals surface area contributed by atoms with Crippen molar-refractivity contribution in [1.29, 1.82) is 0 Å². The molecule has 1 atom stereocenters. The SMILES string of the molecule is Cc1cc2nc(-c3ccnc(-c4ccc5c(cnn5C)c4)c3)sc2c(-c2ccc(Cl)cc2)c1C(OC(C)(C)C)C(=O)O. The van der Waals surface area contributed by atoms with Gasteiger partial charge >= 0.3 is 5.97 Å². The third kappa shape index (κ3) is 5.29. The Kier molecular flexibility index (Phi) is 7.09. The van der Waals surface area contributed by atoms with Gasteiger partial charge in [0.25, 0.3) is 0 Å². The second-order valence-corrected chi connectivity index (χ2v) is 12.7. The Balaban J connectivity index is 1.53. The van der Waals surface area contributed by atoms with Gasteiger partial charge in [0, 0.05) is 45.9 Å². The van der Waals surface area contributed by atoms with Gasteiger partial charge in [0.15, 0.2) is 6.10 Å². The Morgan fingerprint density at radius 2 is 1.76 bits per heavy atom. The summed E-state index contributed by atoms with van der Waals surface area (Å²) in [5.74, 6) is -1.04. The molecule has 1 N–H and O–H groups in total. The van der Waals surface area contributed by atoms with Crippen LogP contribution >= 0.6 is 22.9 Å². The van der Waals surface area contributed by atoms with Gasteiger partial charge in [-0.25, -0.2) is 9.78 Å². The molecule has 0 amide bonds. The number of carboxylic acid groups (broad SMARTS) is 1. The predicted molar refractivity (Wildman–Crippen MR) is 169 cm³/mol. The minimum Gasteiger partial charge on any atom is -0.479 e. The van der Waals surface area contributed by atoms with E-state index >= 15 is 0 Å². The van der Waals surface area contributed by atoms with Gasteiger partial charge in [-0.15, -0.1) is 11.3 Å². The molecule has 1 unspecified atom stereocenters. The number of aromatic nitrogens is 4. The molecule has 0 aliphatic rings. The summed E-state index contributed by atoms with van der Waals surface area (Å²) in [4.78, 5) is 22.3. The lowest BCUT2D eigenvalue weighted by Crippen LogP contribution is -2.28. The highest BCUT2D eigenvalue weighted by Crippen LogP contribution is 2.44. The van der Waals surface area contributed by atoms with Crippen molar-refractivity contribution in [2.24, 2.45) is 7.05 Å². The van der Waals surface area contributed by atoms with Gasteiger partial charge in [0.1, 0.15) is 5.01 Å². The molecule has 6 rings (SSSR count). The summed E-state index contributed by atoms with van der Waals surface area (Å²) in [7, 11) is 1.92. The van der Waals surface area contributed by atoms with E-state index < -0.39 is 17.7 Å². The summed E-state index contributed by atoms with van der Waals surface area (Å²) in [6.07, 6.45) is 2.47. The van der Waals surface area contributed by atoms with Crippen LogP contribution in [0.15, 0.2) is 73.1 Å². The average molecular weight is 597 g/mol. The summed E-state index contributed by atoms with van der Waals surface area (Å²) in [6, 6.07) is 19.6. The summed E-state index contributed by atoms with van der Waals surface area (Å²) in [6.45, 7) is 7.48. The Bertz CT molecular complexity index is 1970. The van der Waals surface area contributed by atoms with Crippen molar-refractivity contribution in [3.63, 3.8) is 0 Å². The number of carboxylic acids is 1. The zero-order valence-corrected chi connectivity index (χ0v) is 25.4. The lowest BCUT2D eigenvalue weighted by molar-refractivity contribution is -0.160. The molecule has 3 aromatic carbocycles. The van der Waals surface area contributed by atoms with E-state index in [1.165, 1.54) is 11.3 Å². The lowest BCUT2D eigenvalue weighted by atomic mass is 9.91. The lowest BCUT2D eigenvalue weighted by Gasteiger charge is -2.28. The summed E-state index contributed by atoms with van der Waals surface area (Å²) in [5, 5.41) is 17.1. The number of hydrogen-bond donors (Lipinski definition) is 1. The van der Waals surface area contributed by atoms with E-state index in [0.29, 0.717) is 10.6 Å². The molecule has 3 aromatic heterocycles. The van der Waals surface area contributed by atoms with Crippen LogP contribution in [0.1, 0.15) is 38.0 Å². The molecule has 42 heavy (non-hydrogen) atoms. The molecule has 0 spiro atoms. The number of ether oxygens (including phenoxy) is 1. The second kappa shape index (κ2) is 10.6. The maximum Gasteiger partial charge on any atom is 0.337 e. The first-order valence-corrected chi connectivity index (χ1v) is 14.7. The molecule has 0 aliphatic carbocycles. The van der Waals surface area contributed by atoms with Crippen molar-refractivity contribution >= 4 is 50.0 Å². The van der Waals surface area contributed by atoms with Crippen molar-refractivity contribution in [1.82, 2.24) is 19.7 Å². The predicted octanol–water partition coefficient (Wildman–Crippen LogP) is 8.48. The number of nitrogens with zero attached hydrogens (tertiary/aromatic N) is 4. The molecule has 0 bridgehead atoms. The van der Waals surface area contributed by atoms with Gasteiger partial charge in [-0.05, 0) is 81.3 Å². The normalized spacial score (nSPS) is 12.7. The molecule has 3 heterocycles. The molecule has 9 heteroatoms. The fourth-order valence-corrected chi connectivity index (χ4v) is 6.45. The fourth-order valence-electron chi connectivity index (χ4n) is 5.21. The maximum absolute atomic E-state index is 12.6. The number of aliphatic carboxylic acids is 1. The van der Waals surface area contributed by atoms with Crippen molar-refractivity contribution < 1.29 is 14.6 Å². The van der Waals surface area contributed by atoms with Crippen LogP contribution in [-0.4, -0.2) is 36.4 Å². The van der Waals surface area contributed by atoms with Crippen LogP contribution in [-0.2, 0) is 16.6 Å². The largest absolute Gasteiger partial charge is 0.479 e. The number of fused-ring (bicyclic) bond motifs is 2. The second-order valence-electron chi connectivity index (χ2n) is 11.3. The zero-order chi connectivity index (χ0) is 29.8. The van der Waals surface area contributed by atoms with E-state index in [9.17, 15) is 9.90 Å². The van der Waals surface area contributed by atoms with Crippen LogP contribution in [0.25, 0.3) is 54.1 Å². The van der Waals surface area contributed by atoms with Gasteiger partial charge in [0.2, 0.25) is 0 Å². The number of halogens is 1. The molecular weight excluding hydrogens is 568 g/mol. The van der Waals surface area contributed by atoms with Gasteiger partial charge < -0.3 is 9.84 Å². The first-order valence-electron chi connectivity index (χ1n) is 13.5. The van der Waals surface area contributed by atoms with Crippen LogP contribution in [0, 0.1) is 6.92 Å². The maximum atomic E-state index is 12.6. The van der Waals surface area contributed by atoms with E-state index in [-0.39, 0.29) is 0 Å². The monoisotopic (exact) mass is 596 g/mol. The molecule has 0 radical (unpaired) electrons. The Morgan fingerprint density at radius 3 is 2.48 bits per heavy atom. The third-order valence-electron chi connectivity index (χ3n) is 7.07.